The summed E-state index contributed by atoms with van der Waals surface area (Å²) in [6.45, 7) is 0. The molecule has 2 N–H and O–H groups in total. The van der Waals surface area contributed by atoms with Crippen LogP contribution in [-0.2, 0) is 0 Å². The van der Waals surface area contributed by atoms with Crippen molar-refractivity contribution in [1.82, 2.24) is 4.98 Å². The van der Waals surface area contributed by atoms with Gasteiger partial charge in [0, 0.05) is 6.21 Å². The van der Waals surface area contributed by atoms with E-state index < -0.39 is 5.91 Å². The Kier molecular flexibility index (Phi) is 1.98. The average molecular weight is 189 g/mol. The molecule has 0 aromatic carbocycles. The Hall–Kier alpha value is -2.17. The SMILES string of the molecule is NC(=O)c1ccc2c(n1)OC=CN=C2. The highest BCUT2D eigenvalue weighted by atomic mass is 16.5. The summed E-state index contributed by atoms with van der Waals surface area (Å²) in [5.74, 6) is -0.250. The predicted octanol–water partition coefficient (Wildman–Crippen LogP) is 0.463. The molecule has 0 spiro atoms. The summed E-state index contributed by atoms with van der Waals surface area (Å²) < 4.78 is 5.11. The molecule has 14 heavy (non-hydrogen) atoms. The van der Waals surface area contributed by atoms with Gasteiger partial charge < -0.3 is 10.5 Å². The van der Waals surface area contributed by atoms with Gasteiger partial charge >= 0.3 is 0 Å². The average Bonchev–Trinajstić information content (AvgIpc) is 2.41. The number of primary amides is 1. The standard InChI is InChI=1S/C9H7N3O2/c10-8(13)7-2-1-6-5-11-3-4-14-9(6)12-7/h1-5H,(H2,10,13). The maximum absolute atomic E-state index is 10.8. The number of ether oxygens (including phenoxy) is 1. The van der Waals surface area contributed by atoms with Crippen molar-refractivity contribution in [1.29, 1.82) is 0 Å². The van der Waals surface area contributed by atoms with Gasteiger partial charge in [-0.25, -0.2) is 4.98 Å². The number of aliphatic imine (C=N–C) groups is 1. The first-order valence-corrected chi connectivity index (χ1v) is 3.93. The number of hydrogen-bond acceptors (Lipinski definition) is 4. The van der Waals surface area contributed by atoms with E-state index in [4.69, 9.17) is 10.5 Å². The molecule has 0 atom stereocenters. The third-order valence-corrected chi connectivity index (χ3v) is 1.68. The number of nitrogens with two attached hydrogens (primary N) is 1. The van der Waals surface area contributed by atoms with Crippen LogP contribution in [0.2, 0.25) is 0 Å². The molecule has 1 aliphatic heterocycles. The Bertz CT molecular complexity index is 438. The van der Waals surface area contributed by atoms with E-state index in [0.29, 0.717) is 11.4 Å². The van der Waals surface area contributed by atoms with Gasteiger partial charge in [-0.2, -0.15) is 0 Å². The summed E-state index contributed by atoms with van der Waals surface area (Å²) in [5, 5.41) is 0. The zero-order valence-corrected chi connectivity index (χ0v) is 7.18. The summed E-state index contributed by atoms with van der Waals surface area (Å²) >= 11 is 0. The second-order valence-corrected chi connectivity index (χ2v) is 2.64. The molecule has 1 amide bonds. The summed E-state index contributed by atoms with van der Waals surface area (Å²) in [4.78, 5) is 18.7. The largest absolute Gasteiger partial charge is 0.444 e. The Morgan fingerprint density at radius 2 is 2.29 bits per heavy atom. The molecule has 1 aromatic heterocycles. The van der Waals surface area contributed by atoms with Crippen molar-refractivity contribution in [2.75, 3.05) is 0 Å². The lowest BCUT2D eigenvalue weighted by Gasteiger charge is -2.02. The van der Waals surface area contributed by atoms with E-state index in [-0.39, 0.29) is 5.69 Å². The Morgan fingerprint density at radius 3 is 3.07 bits per heavy atom. The monoisotopic (exact) mass is 189 g/mol. The number of carbonyl (C=O) groups is 1. The molecule has 0 fully saturated rings. The van der Waals surface area contributed by atoms with Crippen LogP contribution in [0.1, 0.15) is 16.1 Å². The number of nitrogens with zero attached hydrogens (tertiary/aromatic N) is 2. The number of amides is 1. The van der Waals surface area contributed by atoms with Crippen LogP contribution in [0, 0.1) is 0 Å². The molecule has 0 saturated carbocycles. The van der Waals surface area contributed by atoms with Gasteiger partial charge in [0.25, 0.3) is 5.91 Å². The highest BCUT2D eigenvalue weighted by Gasteiger charge is 2.09. The molecule has 2 heterocycles. The topological polar surface area (TPSA) is 77.6 Å². The van der Waals surface area contributed by atoms with Crippen molar-refractivity contribution in [2.45, 2.75) is 0 Å². The van der Waals surface area contributed by atoms with Crippen molar-refractivity contribution in [3.8, 4) is 5.88 Å². The lowest BCUT2D eigenvalue weighted by Crippen LogP contribution is -2.13. The van der Waals surface area contributed by atoms with E-state index in [0.717, 1.165) is 0 Å². The van der Waals surface area contributed by atoms with Gasteiger partial charge in [-0.05, 0) is 12.1 Å². The highest BCUT2D eigenvalue weighted by molar-refractivity contribution is 5.92. The Labute approximate surface area is 79.9 Å². The van der Waals surface area contributed by atoms with E-state index in [2.05, 4.69) is 9.98 Å². The van der Waals surface area contributed by atoms with Crippen LogP contribution in [0.3, 0.4) is 0 Å². The van der Waals surface area contributed by atoms with Crippen molar-refractivity contribution in [3.63, 3.8) is 0 Å². The number of aromatic nitrogens is 1. The van der Waals surface area contributed by atoms with Gasteiger partial charge in [-0.3, -0.25) is 9.79 Å². The molecule has 1 aliphatic rings. The van der Waals surface area contributed by atoms with Crippen molar-refractivity contribution in [3.05, 3.63) is 35.9 Å². The molecule has 0 unspecified atom stereocenters. The zero-order valence-electron chi connectivity index (χ0n) is 7.18. The van der Waals surface area contributed by atoms with E-state index in [1.807, 2.05) is 0 Å². The molecular formula is C9H7N3O2. The second-order valence-electron chi connectivity index (χ2n) is 2.64. The van der Waals surface area contributed by atoms with E-state index in [1.54, 1.807) is 12.3 Å². The number of hydrogen-bond donors (Lipinski definition) is 1. The second kappa shape index (κ2) is 3.29. The fourth-order valence-corrected chi connectivity index (χ4v) is 1.03. The first-order chi connectivity index (χ1) is 6.77. The summed E-state index contributed by atoms with van der Waals surface area (Å²) in [6, 6.07) is 3.21. The molecule has 0 aliphatic carbocycles. The number of fused-ring (bicyclic) bond motifs is 1. The third-order valence-electron chi connectivity index (χ3n) is 1.68. The summed E-state index contributed by atoms with van der Waals surface area (Å²) in [5.41, 5.74) is 5.96. The molecule has 5 heteroatoms. The van der Waals surface area contributed by atoms with Crippen LogP contribution in [0.25, 0.3) is 0 Å². The minimum Gasteiger partial charge on any atom is -0.444 e. The normalized spacial score (nSPS) is 12.9. The first kappa shape index (κ1) is 8.43. The molecule has 0 radical (unpaired) electrons. The van der Waals surface area contributed by atoms with Crippen LogP contribution < -0.4 is 10.5 Å². The lowest BCUT2D eigenvalue weighted by molar-refractivity contribution is 0.0995. The smallest absolute Gasteiger partial charge is 0.267 e. The molecule has 0 bridgehead atoms. The fraction of sp³-hybridized carbons (Fsp3) is 0. The fourth-order valence-electron chi connectivity index (χ4n) is 1.03. The molecule has 2 rings (SSSR count). The van der Waals surface area contributed by atoms with Crippen molar-refractivity contribution < 1.29 is 9.53 Å². The van der Waals surface area contributed by atoms with E-state index in [1.165, 1.54) is 18.5 Å². The van der Waals surface area contributed by atoms with Crippen LogP contribution in [0.4, 0.5) is 0 Å². The minimum absolute atomic E-state index is 0.174. The quantitative estimate of drug-likeness (QED) is 0.697. The zero-order chi connectivity index (χ0) is 9.97. The molecule has 0 saturated heterocycles. The molecule has 70 valence electrons. The maximum Gasteiger partial charge on any atom is 0.267 e. The van der Waals surface area contributed by atoms with Gasteiger partial charge in [0.1, 0.15) is 12.0 Å². The Balaban J connectivity index is 2.49. The van der Waals surface area contributed by atoms with Crippen molar-refractivity contribution in [2.24, 2.45) is 10.7 Å². The van der Waals surface area contributed by atoms with Gasteiger partial charge in [0.05, 0.1) is 11.8 Å². The lowest BCUT2D eigenvalue weighted by atomic mass is 10.2. The van der Waals surface area contributed by atoms with Crippen LogP contribution >= 0.6 is 0 Å². The number of pyridine rings is 1. The molecular weight excluding hydrogens is 182 g/mol. The van der Waals surface area contributed by atoms with Crippen LogP contribution in [0.15, 0.2) is 29.6 Å². The molecule has 5 nitrogen and oxygen atoms in total. The third kappa shape index (κ3) is 1.47. The van der Waals surface area contributed by atoms with E-state index >= 15 is 0 Å². The van der Waals surface area contributed by atoms with Crippen LogP contribution in [0.5, 0.6) is 5.88 Å². The summed E-state index contributed by atoms with van der Waals surface area (Å²) in [6.07, 6.45) is 4.47. The van der Waals surface area contributed by atoms with Crippen molar-refractivity contribution >= 4 is 12.1 Å². The molecule has 1 aromatic rings. The van der Waals surface area contributed by atoms with Crippen LogP contribution in [-0.4, -0.2) is 17.1 Å². The number of carbonyl (C=O) groups excluding carboxylic acids is 1. The van der Waals surface area contributed by atoms with Gasteiger partial charge in [0.15, 0.2) is 0 Å². The maximum atomic E-state index is 10.8. The first-order valence-electron chi connectivity index (χ1n) is 3.93. The summed E-state index contributed by atoms with van der Waals surface area (Å²) in [7, 11) is 0. The predicted molar refractivity (Wildman–Crippen MR) is 50.1 cm³/mol. The highest BCUT2D eigenvalue weighted by Crippen LogP contribution is 2.16. The van der Waals surface area contributed by atoms with E-state index in [9.17, 15) is 4.79 Å². The van der Waals surface area contributed by atoms with Gasteiger partial charge in [0.2, 0.25) is 5.88 Å². The number of rotatable bonds is 1. The van der Waals surface area contributed by atoms with Gasteiger partial charge in [-0.15, -0.1) is 0 Å². The van der Waals surface area contributed by atoms with Gasteiger partial charge in [-0.1, -0.05) is 0 Å². The Morgan fingerprint density at radius 1 is 1.43 bits per heavy atom. The minimum atomic E-state index is -0.582.